The zero-order chi connectivity index (χ0) is 22.0. The Labute approximate surface area is 167 Å². The third-order valence-corrected chi connectivity index (χ3v) is 4.00. The van der Waals surface area contributed by atoms with Crippen molar-refractivity contribution in [2.75, 3.05) is 13.2 Å². The van der Waals surface area contributed by atoms with Gasteiger partial charge in [0.05, 0.1) is 19.3 Å². The normalized spacial score (nSPS) is 14.8. The average Bonchev–Trinajstić information content (AvgIpc) is 2.70. The van der Waals surface area contributed by atoms with Crippen molar-refractivity contribution in [1.29, 1.82) is 0 Å². The van der Waals surface area contributed by atoms with Crippen LogP contribution in [-0.2, 0) is 25.6 Å². The Morgan fingerprint density at radius 3 is 1.86 bits per heavy atom. The number of benzene rings is 1. The number of rotatable bonds is 11. The molecule has 4 atom stereocenters. The van der Waals surface area contributed by atoms with Crippen LogP contribution in [0.4, 0.5) is 0 Å². The van der Waals surface area contributed by atoms with Crippen molar-refractivity contribution in [3.63, 3.8) is 0 Å². The molecule has 0 aliphatic heterocycles. The molecule has 0 fully saturated rings. The van der Waals surface area contributed by atoms with Gasteiger partial charge in [0.2, 0.25) is 17.7 Å². The van der Waals surface area contributed by atoms with Gasteiger partial charge in [-0.15, -0.1) is 0 Å². The van der Waals surface area contributed by atoms with Gasteiger partial charge in [-0.05, 0) is 18.9 Å². The van der Waals surface area contributed by atoms with Gasteiger partial charge in [0, 0.05) is 0 Å². The summed E-state index contributed by atoms with van der Waals surface area (Å²) >= 11 is 0. The molecule has 0 aliphatic rings. The number of nitrogens with one attached hydrogen (secondary N) is 3. The van der Waals surface area contributed by atoms with Gasteiger partial charge in [-0.25, -0.2) is 0 Å². The predicted molar refractivity (Wildman–Crippen MR) is 101 cm³/mol. The molecule has 0 spiro atoms. The third-order valence-electron chi connectivity index (χ3n) is 4.00. The first kappa shape index (κ1) is 24.0. The summed E-state index contributed by atoms with van der Waals surface area (Å²) < 4.78 is 0. The summed E-state index contributed by atoms with van der Waals surface area (Å²) in [4.78, 5) is 47.2. The molecule has 0 bridgehead atoms. The van der Waals surface area contributed by atoms with E-state index in [1.807, 2.05) is 6.07 Å². The van der Waals surface area contributed by atoms with E-state index >= 15 is 0 Å². The zero-order valence-electron chi connectivity index (χ0n) is 15.9. The van der Waals surface area contributed by atoms with E-state index < -0.39 is 61.1 Å². The number of hydrogen-bond donors (Lipinski definition) is 7. The molecule has 1 aromatic rings. The summed E-state index contributed by atoms with van der Waals surface area (Å²) in [6.07, 6.45) is 0.210. The second kappa shape index (κ2) is 11.7. The molecule has 160 valence electrons. The Kier molecular flexibility index (Phi) is 9.72. The topological polar surface area (TPSA) is 191 Å². The Balaban J connectivity index is 2.65. The number of amides is 3. The lowest BCUT2D eigenvalue weighted by atomic mass is 10.1. The molecule has 11 heteroatoms. The van der Waals surface area contributed by atoms with Gasteiger partial charge in [0.25, 0.3) is 0 Å². The molecule has 0 radical (unpaired) electrons. The highest BCUT2D eigenvalue weighted by Crippen LogP contribution is 2.02. The molecule has 29 heavy (non-hydrogen) atoms. The van der Waals surface area contributed by atoms with Crippen LogP contribution in [0, 0.1) is 0 Å². The highest BCUT2D eigenvalue weighted by atomic mass is 16.4. The van der Waals surface area contributed by atoms with Crippen molar-refractivity contribution in [1.82, 2.24) is 16.0 Å². The lowest BCUT2D eigenvalue weighted by Gasteiger charge is -2.22. The smallest absolute Gasteiger partial charge is 0.325 e. The number of aliphatic carboxylic acids is 1. The van der Waals surface area contributed by atoms with E-state index in [2.05, 4.69) is 16.0 Å². The Hall–Kier alpha value is -3.02. The minimum absolute atomic E-state index is 0.210. The Morgan fingerprint density at radius 1 is 0.897 bits per heavy atom. The van der Waals surface area contributed by atoms with Crippen LogP contribution in [-0.4, -0.2) is 76.4 Å². The van der Waals surface area contributed by atoms with Gasteiger partial charge in [-0.1, -0.05) is 30.3 Å². The molecule has 0 heterocycles. The van der Waals surface area contributed by atoms with Crippen LogP contribution in [0.15, 0.2) is 30.3 Å². The molecule has 3 amide bonds. The minimum Gasteiger partial charge on any atom is -0.480 e. The summed E-state index contributed by atoms with van der Waals surface area (Å²) in [5.74, 6) is -3.86. The summed E-state index contributed by atoms with van der Waals surface area (Å²) in [6.45, 7) is -0.383. The highest BCUT2D eigenvalue weighted by Gasteiger charge is 2.28. The monoisotopic (exact) mass is 410 g/mol. The quantitative estimate of drug-likeness (QED) is 0.202. The summed E-state index contributed by atoms with van der Waals surface area (Å²) in [7, 11) is 0. The molecule has 0 aromatic heterocycles. The Morgan fingerprint density at radius 2 is 1.38 bits per heavy atom. The number of carboxylic acid groups (broad SMARTS) is 1. The first-order chi connectivity index (χ1) is 13.7. The van der Waals surface area contributed by atoms with Gasteiger partial charge >= 0.3 is 5.97 Å². The van der Waals surface area contributed by atoms with E-state index in [4.69, 9.17) is 10.8 Å². The second-order valence-electron chi connectivity index (χ2n) is 6.35. The number of aliphatic hydroxyl groups excluding tert-OH is 2. The van der Waals surface area contributed by atoms with Crippen LogP contribution in [0.1, 0.15) is 12.5 Å². The van der Waals surface area contributed by atoms with Gasteiger partial charge in [0.15, 0.2) is 0 Å². The maximum Gasteiger partial charge on any atom is 0.325 e. The fraction of sp³-hybridized carbons (Fsp3) is 0.444. The lowest BCUT2D eigenvalue weighted by Crippen LogP contribution is -2.58. The molecule has 0 aliphatic carbocycles. The number of aliphatic hydroxyl groups is 2. The third kappa shape index (κ3) is 7.86. The molecular weight excluding hydrogens is 384 g/mol. The van der Waals surface area contributed by atoms with Crippen LogP contribution in [0.3, 0.4) is 0 Å². The maximum atomic E-state index is 12.3. The van der Waals surface area contributed by atoms with Gasteiger partial charge < -0.3 is 37.0 Å². The van der Waals surface area contributed by atoms with E-state index in [0.29, 0.717) is 0 Å². The van der Waals surface area contributed by atoms with Crippen molar-refractivity contribution >= 4 is 23.7 Å². The predicted octanol–water partition coefficient (Wildman–Crippen LogP) is -2.90. The summed E-state index contributed by atoms with van der Waals surface area (Å²) in [6, 6.07) is 3.86. The molecule has 11 nitrogen and oxygen atoms in total. The van der Waals surface area contributed by atoms with E-state index in [0.717, 1.165) is 5.56 Å². The molecular formula is C18H26N4O7. The standard InChI is InChI=1S/C18H26N4O7/c1-10(18(28)29)20-16(26)13(8-23)22-17(27)14(9-24)21-15(25)12(19)7-11-5-3-2-4-6-11/h2-6,10,12-14,23-24H,7-9,19H2,1H3,(H,20,26)(H,21,25)(H,22,27)(H,28,29). The summed E-state index contributed by atoms with van der Waals surface area (Å²) in [5, 5.41) is 34.0. The second-order valence-corrected chi connectivity index (χ2v) is 6.35. The summed E-state index contributed by atoms with van der Waals surface area (Å²) in [5.41, 5.74) is 6.64. The first-order valence-electron chi connectivity index (χ1n) is 8.84. The largest absolute Gasteiger partial charge is 0.480 e. The fourth-order valence-corrected chi connectivity index (χ4v) is 2.28. The van der Waals surface area contributed by atoms with Crippen LogP contribution >= 0.6 is 0 Å². The van der Waals surface area contributed by atoms with E-state index in [-0.39, 0.29) is 6.42 Å². The number of carboxylic acids is 1. The van der Waals surface area contributed by atoms with Gasteiger partial charge in [-0.3, -0.25) is 19.2 Å². The van der Waals surface area contributed by atoms with Crippen molar-refractivity contribution in [3.8, 4) is 0 Å². The first-order valence-corrected chi connectivity index (χ1v) is 8.84. The fourth-order valence-electron chi connectivity index (χ4n) is 2.28. The van der Waals surface area contributed by atoms with Gasteiger partial charge in [0.1, 0.15) is 18.1 Å². The van der Waals surface area contributed by atoms with Crippen molar-refractivity contribution < 1.29 is 34.5 Å². The van der Waals surface area contributed by atoms with Crippen molar-refractivity contribution in [3.05, 3.63) is 35.9 Å². The Bertz CT molecular complexity index is 713. The van der Waals surface area contributed by atoms with Crippen molar-refractivity contribution in [2.45, 2.75) is 37.5 Å². The van der Waals surface area contributed by atoms with E-state index in [9.17, 15) is 29.4 Å². The molecule has 1 rings (SSSR count). The highest BCUT2D eigenvalue weighted by molar-refractivity contribution is 5.94. The molecule has 0 saturated heterocycles. The maximum absolute atomic E-state index is 12.3. The van der Waals surface area contributed by atoms with E-state index in [1.165, 1.54) is 6.92 Å². The number of hydrogen-bond acceptors (Lipinski definition) is 7. The van der Waals surface area contributed by atoms with Crippen molar-refractivity contribution in [2.24, 2.45) is 5.73 Å². The number of nitrogens with two attached hydrogens (primary N) is 1. The van der Waals surface area contributed by atoms with Crippen LogP contribution in [0.25, 0.3) is 0 Å². The zero-order valence-corrected chi connectivity index (χ0v) is 15.9. The molecule has 0 saturated carbocycles. The number of carbonyl (C=O) groups excluding carboxylic acids is 3. The average molecular weight is 410 g/mol. The minimum atomic E-state index is -1.46. The molecule has 8 N–H and O–H groups in total. The lowest BCUT2D eigenvalue weighted by molar-refractivity contribution is -0.142. The van der Waals surface area contributed by atoms with E-state index in [1.54, 1.807) is 24.3 Å². The number of carbonyl (C=O) groups is 4. The van der Waals surface area contributed by atoms with Crippen LogP contribution in [0.5, 0.6) is 0 Å². The molecule has 4 unspecified atom stereocenters. The SMILES string of the molecule is CC(NC(=O)C(CO)NC(=O)C(CO)NC(=O)C(N)Cc1ccccc1)C(=O)O. The van der Waals surface area contributed by atoms with Gasteiger partial charge in [-0.2, -0.15) is 0 Å². The molecule has 1 aromatic carbocycles. The van der Waals surface area contributed by atoms with Crippen LogP contribution in [0.2, 0.25) is 0 Å². The van der Waals surface area contributed by atoms with Crippen LogP contribution < -0.4 is 21.7 Å².